The zero-order chi connectivity index (χ0) is 13.9. The summed E-state index contributed by atoms with van der Waals surface area (Å²) in [6.45, 7) is 5.83. The van der Waals surface area contributed by atoms with Crippen LogP contribution in [0.1, 0.15) is 18.1 Å². The van der Waals surface area contributed by atoms with E-state index in [1.807, 2.05) is 0 Å². The van der Waals surface area contributed by atoms with Gasteiger partial charge >= 0.3 is 6.03 Å². The van der Waals surface area contributed by atoms with Gasteiger partial charge in [0, 0.05) is 12.2 Å². The number of benzene rings is 1. The van der Waals surface area contributed by atoms with Crippen molar-refractivity contribution in [1.29, 1.82) is 0 Å². The Kier molecular flexibility index (Phi) is 4.31. The summed E-state index contributed by atoms with van der Waals surface area (Å²) < 4.78 is 22.6. The molecule has 6 nitrogen and oxygen atoms in total. The number of nitrogens with two attached hydrogens (primary N) is 1. The molecule has 0 heterocycles. The van der Waals surface area contributed by atoms with E-state index >= 15 is 0 Å². The molecule has 18 heavy (non-hydrogen) atoms. The number of anilines is 1. The van der Waals surface area contributed by atoms with Gasteiger partial charge in [-0.1, -0.05) is 0 Å². The third-order valence-electron chi connectivity index (χ3n) is 2.55. The monoisotopic (exact) mass is 271 g/mol. The van der Waals surface area contributed by atoms with E-state index in [0.29, 0.717) is 12.2 Å². The van der Waals surface area contributed by atoms with Crippen LogP contribution in [0, 0.1) is 13.8 Å². The first-order chi connectivity index (χ1) is 8.25. The van der Waals surface area contributed by atoms with Gasteiger partial charge in [-0.3, -0.25) is 0 Å². The fraction of sp³-hybridized carbons (Fsp3) is 0.364. The van der Waals surface area contributed by atoms with Gasteiger partial charge < -0.3 is 10.6 Å². The molecule has 0 saturated heterocycles. The number of sulfonamides is 1. The van der Waals surface area contributed by atoms with Crippen molar-refractivity contribution in [2.75, 3.05) is 11.9 Å². The van der Waals surface area contributed by atoms with Crippen molar-refractivity contribution in [1.82, 2.24) is 5.32 Å². The highest BCUT2D eigenvalue weighted by Gasteiger charge is 2.13. The highest BCUT2D eigenvalue weighted by molar-refractivity contribution is 7.89. The van der Waals surface area contributed by atoms with Crippen LogP contribution in [-0.2, 0) is 10.0 Å². The topological polar surface area (TPSA) is 101 Å². The highest BCUT2D eigenvalue weighted by Crippen LogP contribution is 2.23. The van der Waals surface area contributed by atoms with Crippen LogP contribution in [0.4, 0.5) is 10.5 Å². The lowest BCUT2D eigenvalue weighted by Gasteiger charge is -2.12. The Balaban J connectivity index is 3.19. The van der Waals surface area contributed by atoms with Gasteiger partial charge in [-0.2, -0.15) is 0 Å². The summed E-state index contributed by atoms with van der Waals surface area (Å²) in [7, 11) is -3.78. The number of hydrogen-bond acceptors (Lipinski definition) is 3. The highest BCUT2D eigenvalue weighted by atomic mass is 32.2. The van der Waals surface area contributed by atoms with Crippen molar-refractivity contribution >= 4 is 21.7 Å². The average Bonchev–Trinajstić information content (AvgIpc) is 2.23. The number of hydrogen-bond donors (Lipinski definition) is 3. The Hall–Kier alpha value is -1.60. The molecule has 0 atom stereocenters. The van der Waals surface area contributed by atoms with E-state index in [4.69, 9.17) is 5.14 Å². The second-order valence-corrected chi connectivity index (χ2v) is 5.50. The minimum Gasteiger partial charge on any atom is -0.338 e. The van der Waals surface area contributed by atoms with Gasteiger partial charge in [0.15, 0.2) is 0 Å². The molecule has 0 saturated carbocycles. The zero-order valence-electron chi connectivity index (χ0n) is 10.6. The van der Waals surface area contributed by atoms with Crippen molar-refractivity contribution in [3.8, 4) is 0 Å². The maximum Gasteiger partial charge on any atom is 0.319 e. The summed E-state index contributed by atoms with van der Waals surface area (Å²) in [6, 6.07) is 2.45. The SMILES string of the molecule is CCNC(=O)Nc1cc(S(N)(=O)=O)cc(C)c1C. The largest absolute Gasteiger partial charge is 0.338 e. The van der Waals surface area contributed by atoms with E-state index in [1.54, 1.807) is 20.8 Å². The number of amides is 2. The minimum absolute atomic E-state index is 0.0163. The van der Waals surface area contributed by atoms with Crippen molar-refractivity contribution in [3.05, 3.63) is 23.3 Å². The summed E-state index contributed by atoms with van der Waals surface area (Å²) in [4.78, 5) is 11.4. The molecule has 0 radical (unpaired) electrons. The Morgan fingerprint density at radius 1 is 1.33 bits per heavy atom. The van der Waals surface area contributed by atoms with Crippen LogP contribution in [0.15, 0.2) is 17.0 Å². The van der Waals surface area contributed by atoms with Crippen molar-refractivity contribution < 1.29 is 13.2 Å². The van der Waals surface area contributed by atoms with Crippen LogP contribution in [-0.4, -0.2) is 21.0 Å². The van der Waals surface area contributed by atoms with Crippen LogP contribution in [0.2, 0.25) is 0 Å². The van der Waals surface area contributed by atoms with Gasteiger partial charge in [0.2, 0.25) is 10.0 Å². The van der Waals surface area contributed by atoms with Crippen LogP contribution in [0.5, 0.6) is 0 Å². The molecule has 0 bridgehead atoms. The van der Waals surface area contributed by atoms with Crippen LogP contribution in [0.25, 0.3) is 0 Å². The number of urea groups is 1. The first-order valence-corrected chi connectivity index (χ1v) is 6.99. The molecule has 0 aliphatic carbocycles. The van der Waals surface area contributed by atoms with E-state index in [-0.39, 0.29) is 10.9 Å². The molecule has 0 unspecified atom stereocenters. The molecule has 0 aliphatic rings. The van der Waals surface area contributed by atoms with Gasteiger partial charge in [-0.05, 0) is 44.0 Å². The summed E-state index contributed by atoms with van der Waals surface area (Å²) in [6.07, 6.45) is 0. The standard InChI is InChI=1S/C11H17N3O3S/c1-4-13-11(15)14-10-6-9(18(12,16)17)5-7(2)8(10)3/h5-6H,4H2,1-3H3,(H2,12,16,17)(H2,13,14,15). The molecule has 1 rings (SSSR count). The fourth-order valence-electron chi connectivity index (χ4n) is 1.45. The number of carbonyl (C=O) groups is 1. The normalized spacial score (nSPS) is 11.1. The number of rotatable bonds is 3. The van der Waals surface area contributed by atoms with E-state index in [1.165, 1.54) is 12.1 Å². The molecular formula is C11H17N3O3S. The average molecular weight is 271 g/mol. The number of carbonyl (C=O) groups excluding carboxylic acids is 1. The lowest BCUT2D eigenvalue weighted by atomic mass is 10.1. The number of primary sulfonamides is 1. The predicted molar refractivity (Wildman–Crippen MR) is 70.0 cm³/mol. The zero-order valence-corrected chi connectivity index (χ0v) is 11.4. The Morgan fingerprint density at radius 3 is 2.44 bits per heavy atom. The second-order valence-electron chi connectivity index (χ2n) is 3.94. The molecule has 1 aromatic rings. The molecule has 100 valence electrons. The Bertz CT molecular complexity index is 567. The summed E-state index contributed by atoms with van der Waals surface area (Å²) in [5, 5.41) is 10.2. The molecule has 0 aromatic heterocycles. The quantitative estimate of drug-likeness (QED) is 0.767. The summed E-state index contributed by atoms with van der Waals surface area (Å²) in [5.41, 5.74) is 1.98. The van der Waals surface area contributed by atoms with E-state index in [2.05, 4.69) is 10.6 Å². The van der Waals surface area contributed by atoms with Crippen LogP contribution < -0.4 is 15.8 Å². The predicted octanol–water partition coefficient (Wildman–Crippen LogP) is 1.09. The Labute approximate surface area is 107 Å². The Morgan fingerprint density at radius 2 is 1.94 bits per heavy atom. The molecule has 2 amide bonds. The summed E-state index contributed by atoms with van der Waals surface area (Å²) >= 11 is 0. The van der Waals surface area contributed by atoms with Crippen molar-refractivity contribution in [3.63, 3.8) is 0 Å². The molecule has 0 fully saturated rings. The van der Waals surface area contributed by atoms with Gasteiger partial charge in [0.05, 0.1) is 4.90 Å². The second kappa shape index (κ2) is 5.36. The van der Waals surface area contributed by atoms with E-state index in [0.717, 1.165) is 11.1 Å². The molecule has 1 aromatic carbocycles. The number of aryl methyl sites for hydroxylation is 1. The molecule has 0 aliphatic heterocycles. The molecule has 7 heteroatoms. The van der Waals surface area contributed by atoms with Gasteiger partial charge in [0.25, 0.3) is 0 Å². The van der Waals surface area contributed by atoms with E-state index < -0.39 is 10.0 Å². The fourth-order valence-corrected chi connectivity index (χ4v) is 2.07. The maximum atomic E-state index is 11.4. The first-order valence-electron chi connectivity index (χ1n) is 5.44. The lowest BCUT2D eigenvalue weighted by Crippen LogP contribution is -2.28. The summed E-state index contributed by atoms with van der Waals surface area (Å²) in [5.74, 6) is 0. The molecule has 4 N–H and O–H groups in total. The third-order valence-corrected chi connectivity index (χ3v) is 3.45. The smallest absolute Gasteiger partial charge is 0.319 e. The van der Waals surface area contributed by atoms with Gasteiger partial charge in [-0.15, -0.1) is 0 Å². The van der Waals surface area contributed by atoms with E-state index in [9.17, 15) is 13.2 Å². The maximum absolute atomic E-state index is 11.4. The molecular weight excluding hydrogens is 254 g/mol. The third kappa shape index (κ3) is 3.44. The van der Waals surface area contributed by atoms with Crippen LogP contribution >= 0.6 is 0 Å². The first kappa shape index (κ1) is 14.5. The van der Waals surface area contributed by atoms with Crippen molar-refractivity contribution in [2.45, 2.75) is 25.7 Å². The van der Waals surface area contributed by atoms with Crippen molar-refractivity contribution in [2.24, 2.45) is 5.14 Å². The number of nitrogens with one attached hydrogen (secondary N) is 2. The lowest BCUT2D eigenvalue weighted by molar-refractivity contribution is 0.252. The van der Waals surface area contributed by atoms with Gasteiger partial charge in [0.1, 0.15) is 0 Å². The van der Waals surface area contributed by atoms with Crippen LogP contribution in [0.3, 0.4) is 0 Å². The minimum atomic E-state index is -3.78. The molecule has 0 spiro atoms. The van der Waals surface area contributed by atoms with Gasteiger partial charge in [-0.25, -0.2) is 18.4 Å².